The number of aromatic nitrogens is 1. The Morgan fingerprint density at radius 1 is 1.65 bits per heavy atom. The number of halogens is 1. The number of pyridine rings is 1. The third-order valence-electron chi connectivity index (χ3n) is 3.72. The molecule has 1 fully saturated rings. The predicted molar refractivity (Wildman–Crippen MR) is 61.2 cm³/mol. The quantitative estimate of drug-likeness (QED) is 0.465. The molecular formula is C12H16FN3O. The van der Waals surface area contributed by atoms with Crippen molar-refractivity contribution in [2.45, 2.75) is 32.1 Å². The lowest BCUT2D eigenvalue weighted by molar-refractivity contribution is -0.130. The Bertz CT molecular complexity index is 420. The summed E-state index contributed by atoms with van der Waals surface area (Å²) in [6.45, 7) is 1.89. The molecule has 2 unspecified atom stereocenters. The van der Waals surface area contributed by atoms with Gasteiger partial charge in [-0.25, -0.2) is 10.2 Å². The lowest BCUT2D eigenvalue weighted by Gasteiger charge is -2.28. The highest BCUT2D eigenvalue weighted by molar-refractivity contribution is 5.83. The van der Waals surface area contributed by atoms with Gasteiger partial charge in [-0.05, 0) is 25.0 Å². The van der Waals surface area contributed by atoms with Gasteiger partial charge >= 0.3 is 0 Å². The van der Waals surface area contributed by atoms with E-state index in [0.717, 1.165) is 25.0 Å². The molecule has 4 nitrogen and oxygen atoms in total. The number of carbonyl (C=O) groups is 1. The zero-order chi connectivity index (χ0) is 12.5. The molecule has 92 valence electrons. The average molecular weight is 237 g/mol. The summed E-state index contributed by atoms with van der Waals surface area (Å²) in [5.74, 6) is 4.69. The van der Waals surface area contributed by atoms with Crippen LogP contribution in [0.2, 0.25) is 0 Å². The molecule has 1 aliphatic carbocycles. The van der Waals surface area contributed by atoms with Gasteiger partial charge in [-0.2, -0.15) is 0 Å². The average Bonchev–Trinajstić information content (AvgIpc) is 2.73. The fourth-order valence-electron chi connectivity index (χ4n) is 2.67. The van der Waals surface area contributed by atoms with Crippen LogP contribution >= 0.6 is 0 Å². The van der Waals surface area contributed by atoms with Gasteiger partial charge in [0.1, 0.15) is 5.82 Å². The van der Waals surface area contributed by atoms with Crippen LogP contribution in [-0.2, 0) is 4.79 Å². The molecule has 1 saturated carbocycles. The predicted octanol–water partition coefficient (Wildman–Crippen LogP) is 1.48. The van der Waals surface area contributed by atoms with E-state index in [9.17, 15) is 9.18 Å². The lowest BCUT2D eigenvalue weighted by Crippen LogP contribution is -2.44. The van der Waals surface area contributed by atoms with Gasteiger partial charge in [0.15, 0.2) is 0 Å². The Kier molecular flexibility index (Phi) is 3.11. The number of hydrogen-bond donors (Lipinski definition) is 2. The summed E-state index contributed by atoms with van der Waals surface area (Å²) in [5.41, 5.74) is 2.43. The summed E-state index contributed by atoms with van der Waals surface area (Å²) < 4.78 is 12.8. The van der Waals surface area contributed by atoms with E-state index >= 15 is 0 Å². The minimum Gasteiger partial charge on any atom is -0.294 e. The summed E-state index contributed by atoms with van der Waals surface area (Å²) in [4.78, 5) is 15.9. The van der Waals surface area contributed by atoms with Crippen LogP contribution in [0.3, 0.4) is 0 Å². The first-order chi connectivity index (χ1) is 8.08. The molecule has 17 heavy (non-hydrogen) atoms. The fraction of sp³-hybridized carbons (Fsp3) is 0.500. The summed E-state index contributed by atoms with van der Waals surface area (Å²) >= 11 is 0. The van der Waals surface area contributed by atoms with Crippen molar-refractivity contribution in [3.05, 3.63) is 29.8 Å². The van der Waals surface area contributed by atoms with Crippen LogP contribution in [0.25, 0.3) is 0 Å². The first-order valence-electron chi connectivity index (χ1n) is 5.70. The molecule has 1 aliphatic rings. The normalized spacial score (nSPS) is 28.1. The maximum atomic E-state index is 12.8. The molecular weight excluding hydrogens is 221 g/mol. The number of rotatable bonds is 2. The number of carbonyl (C=O) groups excluding carboxylic acids is 1. The first kappa shape index (κ1) is 12.0. The Labute approximate surface area is 99.4 Å². The smallest absolute Gasteiger partial charge is 0.240 e. The third kappa shape index (κ3) is 2.02. The van der Waals surface area contributed by atoms with Crippen molar-refractivity contribution in [2.24, 2.45) is 11.3 Å². The van der Waals surface area contributed by atoms with Gasteiger partial charge in [-0.1, -0.05) is 13.3 Å². The zero-order valence-corrected chi connectivity index (χ0v) is 9.74. The van der Waals surface area contributed by atoms with Gasteiger partial charge < -0.3 is 0 Å². The Morgan fingerprint density at radius 3 is 3.00 bits per heavy atom. The molecule has 2 rings (SSSR count). The van der Waals surface area contributed by atoms with Crippen LogP contribution in [0.5, 0.6) is 0 Å². The van der Waals surface area contributed by atoms with Crippen molar-refractivity contribution in [2.75, 3.05) is 0 Å². The number of amides is 1. The Morgan fingerprint density at radius 2 is 2.41 bits per heavy atom. The molecule has 1 amide bonds. The van der Waals surface area contributed by atoms with Gasteiger partial charge in [0.2, 0.25) is 5.91 Å². The largest absolute Gasteiger partial charge is 0.294 e. The van der Waals surface area contributed by atoms with E-state index < -0.39 is 5.41 Å². The van der Waals surface area contributed by atoms with E-state index in [1.807, 2.05) is 6.92 Å². The molecule has 0 aliphatic heterocycles. The second-order valence-corrected chi connectivity index (χ2v) is 4.74. The van der Waals surface area contributed by atoms with Gasteiger partial charge in [-0.15, -0.1) is 0 Å². The van der Waals surface area contributed by atoms with Crippen molar-refractivity contribution in [1.82, 2.24) is 10.4 Å². The van der Waals surface area contributed by atoms with Gasteiger partial charge in [0, 0.05) is 11.6 Å². The van der Waals surface area contributed by atoms with E-state index in [4.69, 9.17) is 5.84 Å². The molecule has 5 heteroatoms. The highest BCUT2D eigenvalue weighted by atomic mass is 19.1. The first-order valence-corrected chi connectivity index (χ1v) is 5.70. The molecule has 1 aromatic rings. The molecule has 2 atom stereocenters. The van der Waals surface area contributed by atoms with E-state index in [-0.39, 0.29) is 17.6 Å². The van der Waals surface area contributed by atoms with Crippen molar-refractivity contribution >= 4 is 5.91 Å². The molecule has 3 N–H and O–H groups in total. The van der Waals surface area contributed by atoms with Crippen LogP contribution in [0.1, 0.15) is 37.8 Å². The van der Waals surface area contributed by atoms with Crippen LogP contribution in [0.15, 0.2) is 18.3 Å². The number of nitrogens with two attached hydrogens (primary N) is 1. The zero-order valence-electron chi connectivity index (χ0n) is 9.74. The van der Waals surface area contributed by atoms with Crippen molar-refractivity contribution in [3.63, 3.8) is 0 Å². The second-order valence-electron chi connectivity index (χ2n) is 4.74. The van der Waals surface area contributed by atoms with Gasteiger partial charge in [-0.3, -0.25) is 15.2 Å². The molecule has 1 aromatic heterocycles. The Balaban J connectivity index is 2.31. The lowest BCUT2D eigenvalue weighted by atomic mass is 9.77. The van der Waals surface area contributed by atoms with E-state index in [1.165, 1.54) is 12.3 Å². The molecule has 0 spiro atoms. The minimum absolute atomic E-state index is 0.00616. The van der Waals surface area contributed by atoms with Crippen molar-refractivity contribution in [3.8, 4) is 0 Å². The Hall–Kier alpha value is -1.49. The van der Waals surface area contributed by atoms with Crippen LogP contribution in [0.4, 0.5) is 4.39 Å². The summed E-state index contributed by atoms with van der Waals surface area (Å²) in [5, 5.41) is 0. The van der Waals surface area contributed by atoms with E-state index in [0.29, 0.717) is 0 Å². The highest BCUT2D eigenvalue weighted by Gasteiger charge is 2.45. The molecule has 0 bridgehead atoms. The molecule has 0 aromatic carbocycles. The number of hydrazine groups is 1. The van der Waals surface area contributed by atoms with Crippen molar-refractivity contribution in [1.29, 1.82) is 0 Å². The number of nitrogens with one attached hydrogen (secondary N) is 1. The fourth-order valence-corrected chi connectivity index (χ4v) is 2.67. The maximum Gasteiger partial charge on any atom is 0.240 e. The van der Waals surface area contributed by atoms with Gasteiger partial charge in [0.05, 0.1) is 11.6 Å². The number of hydrogen-bond acceptors (Lipinski definition) is 3. The monoisotopic (exact) mass is 237 g/mol. The standard InChI is InChI=1S/C12H16FN3O/c1-12(11(17)16-14)6-2-3-9(12)10-5-4-8(13)7-15-10/h4-5,7,9H,2-3,6,14H2,1H3,(H,16,17). The molecule has 1 heterocycles. The van der Waals surface area contributed by atoms with Crippen LogP contribution in [0, 0.1) is 11.2 Å². The van der Waals surface area contributed by atoms with E-state index in [2.05, 4.69) is 10.4 Å². The van der Waals surface area contributed by atoms with Gasteiger partial charge in [0.25, 0.3) is 0 Å². The topological polar surface area (TPSA) is 68.0 Å². The van der Waals surface area contributed by atoms with Crippen molar-refractivity contribution < 1.29 is 9.18 Å². The van der Waals surface area contributed by atoms with E-state index in [1.54, 1.807) is 6.07 Å². The number of nitrogens with zero attached hydrogens (tertiary/aromatic N) is 1. The highest BCUT2D eigenvalue weighted by Crippen LogP contribution is 2.48. The third-order valence-corrected chi connectivity index (χ3v) is 3.72. The summed E-state index contributed by atoms with van der Waals surface area (Å²) in [6, 6.07) is 3.02. The summed E-state index contributed by atoms with van der Waals surface area (Å²) in [7, 11) is 0. The molecule has 0 saturated heterocycles. The second kappa shape index (κ2) is 4.41. The minimum atomic E-state index is -0.542. The molecule has 0 radical (unpaired) electrons. The SMILES string of the molecule is CC1(C(=O)NN)CCCC1c1ccc(F)cn1. The maximum absolute atomic E-state index is 12.8. The summed E-state index contributed by atoms with van der Waals surface area (Å²) in [6.07, 6.45) is 3.80. The van der Waals surface area contributed by atoms with Crippen LogP contribution < -0.4 is 11.3 Å². The van der Waals surface area contributed by atoms with Crippen LogP contribution in [-0.4, -0.2) is 10.9 Å².